The second-order valence-electron chi connectivity index (χ2n) is 7.08. The molecule has 0 radical (unpaired) electrons. The maximum atomic E-state index is 13.3. The van der Waals surface area contributed by atoms with Crippen LogP contribution in [0, 0.1) is 0 Å². The Bertz CT molecular complexity index is 1100. The van der Waals surface area contributed by atoms with Gasteiger partial charge in [-0.15, -0.1) is 0 Å². The fourth-order valence-corrected chi connectivity index (χ4v) is 3.85. The van der Waals surface area contributed by atoms with E-state index in [2.05, 4.69) is 20.3 Å². The van der Waals surface area contributed by atoms with Crippen LogP contribution in [0.1, 0.15) is 10.4 Å². The second-order valence-corrected chi connectivity index (χ2v) is 7.08. The number of pyridine rings is 2. The smallest absolute Gasteiger partial charge is 0.273 e. The first kappa shape index (κ1) is 18.4. The number of aromatic nitrogens is 2. The minimum Gasteiger partial charge on any atom is -0.504 e. The summed E-state index contributed by atoms with van der Waals surface area (Å²) in [4.78, 5) is 23.9. The third kappa shape index (κ3) is 3.22. The van der Waals surface area contributed by atoms with Crippen molar-refractivity contribution in [3.63, 3.8) is 0 Å². The maximum Gasteiger partial charge on any atom is 0.273 e. The maximum absolute atomic E-state index is 13.3. The molecular weight excluding hydrogens is 386 g/mol. The largest absolute Gasteiger partial charge is 0.504 e. The lowest BCUT2D eigenvalue weighted by atomic mass is 10.1. The van der Waals surface area contributed by atoms with Crippen LogP contribution in [-0.4, -0.2) is 60.4 Å². The second kappa shape index (κ2) is 7.68. The number of anilines is 2. The molecule has 2 aliphatic rings. The number of carbonyl (C=O) groups is 1. The van der Waals surface area contributed by atoms with Crippen molar-refractivity contribution in [2.45, 2.75) is 0 Å². The molecule has 2 N–H and O–H groups in total. The van der Waals surface area contributed by atoms with E-state index in [1.54, 1.807) is 11.2 Å². The molecule has 154 valence electrons. The fourth-order valence-electron chi connectivity index (χ4n) is 3.85. The van der Waals surface area contributed by atoms with E-state index in [0.29, 0.717) is 61.6 Å². The van der Waals surface area contributed by atoms with E-state index in [0.717, 1.165) is 11.4 Å². The van der Waals surface area contributed by atoms with E-state index >= 15 is 0 Å². The minimum atomic E-state index is -0.286. The van der Waals surface area contributed by atoms with Gasteiger partial charge in [0.15, 0.2) is 5.75 Å². The van der Waals surface area contributed by atoms with Gasteiger partial charge in [0.1, 0.15) is 17.9 Å². The molecular formula is C21H21N5O4. The number of ether oxygens (including phenoxy) is 2. The lowest BCUT2D eigenvalue weighted by Gasteiger charge is -2.33. The quantitative estimate of drug-likeness (QED) is 0.677. The number of para-hydroxylation sites is 2. The summed E-state index contributed by atoms with van der Waals surface area (Å²) in [7, 11) is 0. The van der Waals surface area contributed by atoms with Crippen molar-refractivity contribution in [2.75, 3.05) is 49.4 Å². The number of carbonyl (C=O) groups excluding carboxylic acids is 1. The van der Waals surface area contributed by atoms with Gasteiger partial charge < -0.3 is 19.5 Å². The Balaban J connectivity index is 1.54. The molecule has 2 aromatic heterocycles. The molecule has 3 aromatic rings. The Morgan fingerprint density at radius 1 is 1.07 bits per heavy atom. The molecule has 4 heterocycles. The summed E-state index contributed by atoms with van der Waals surface area (Å²) in [5.74, 6) is 0.422. The number of hydrogen-bond acceptors (Lipinski definition) is 8. The van der Waals surface area contributed by atoms with Gasteiger partial charge in [-0.1, -0.05) is 12.1 Å². The predicted octanol–water partition coefficient (Wildman–Crippen LogP) is 1.72. The zero-order valence-corrected chi connectivity index (χ0v) is 16.2. The van der Waals surface area contributed by atoms with Crippen LogP contribution in [0.2, 0.25) is 0 Å². The van der Waals surface area contributed by atoms with Crippen LogP contribution in [0.4, 0.5) is 11.4 Å². The lowest BCUT2D eigenvalue weighted by molar-refractivity contribution is 0.0943. The predicted molar refractivity (Wildman–Crippen MR) is 111 cm³/mol. The van der Waals surface area contributed by atoms with E-state index in [1.165, 1.54) is 12.4 Å². The highest BCUT2D eigenvalue weighted by Gasteiger charge is 2.26. The lowest BCUT2D eigenvalue weighted by Crippen LogP contribution is -2.47. The van der Waals surface area contributed by atoms with Crippen LogP contribution in [0.3, 0.4) is 0 Å². The standard InChI is InChI=1S/C21H21N5O4/c27-17-13-22-11-14-19(17)23-12-15(20(14)25-5-8-29-9-6-25)21(28)24-26-7-10-30-18-4-2-1-3-16(18)26/h1-4,11-13,27H,5-10H2,(H,24,28). The normalized spacial score (nSPS) is 16.1. The molecule has 0 unspecified atom stereocenters. The van der Waals surface area contributed by atoms with Crippen molar-refractivity contribution >= 4 is 28.2 Å². The van der Waals surface area contributed by atoms with Crippen LogP contribution in [0.25, 0.3) is 10.9 Å². The Hall–Kier alpha value is -3.59. The number of morpholine rings is 1. The molecule has 0 saturated carbocycles. The molecule has 0 aliphatic carbocycles. The van der Waals surface area contributed by atoms with Crippen molar-refractivity contribution < 1.29 is 19.4 Å². The molecule has 9 nitrogen and oxygen atoms in total. The van der Waals surface area contributed by atoms with E-state index in [-0.39, 0.29) is 11.7 Å². The first-order valence-corrected chi connectivity index (χ1v) is 9.81. The van der Waals surface area contributed by atoms with Crippen LogP contribution >= 0.6 is 0 Å². The molecule has 2 aliphatic heterocycles. The fraction of sp³-hybridized carbons (Fsp3) is 0.286. The van der Waals surface area contributed by atoms with Crippen molar-refractivity contribution in [2.24, 2.45) is 0 Å². The van der Waals surface area contributed by atoms with Gasteiger partial charge in [0.05, 0.1) is 42.9 Å². The summed E-state index contributed by atoms with van der Waals surface area (Å²) in [6.45, 7) is 3.40. The Kier molecular flexibility index (Phi) is 4.72. The highest BCUT2D eigenvalue weighted by atomic mass is 16.5. The van der Waals surface area contributed by atoms with E-state index in [1.807, 2.05) is 24.3 Å². The molecule has 1 fully saturated rings. The molecule has 0 bridgehead atoms. The number of benzene rings is 1. The molecule has 0 spiro atoms. The van der Waals surface area contributed by atoms with Crippen molar-refractivity contribution in [1.29, 1.82) is 0 Å². The van der Waals surface area contributed by atoms with Crippen LogP contribution < -0.4 is 20.1 Å². The molecule has 1 aromatic carbocycles. The molecule has 5 rings (SSSR count). The first-order valence-electron chi connectivity index (χ1n) is 9.81. The summed E-state index contributed by atoms with van der Waals surface area (Å²) in [5.41, 5.74) is 5.32. The van der Waals surface area contributed by atoms with Gasteiger partial charge in [0.25, 0.3) is 5.91 Å². The summed E-state index contributed by atoms with van der Waals surface area (Å²) >= 11 is 0. The van der Waals surface area contributed by atoms with E-state index in [9.17, 15) is 9.90 Å². The van der Waals surface area contributed by atoms with Crippen molar-refractivity contribution in [1.82, 2.24) is 15.4 Å². The number of nitrogens with zero attached hydrogens (tertiary/aromatic N) is 4. The summed E-state index contributed by atoms with van der Waals surface area (Å²) in [6.07, 6.45) is 4.49. The molecule has 1 amide bonds. The molecule has 0 atom stereocenters. The SMILES string of the molecule is O=C(NN1CCOc2ccccc21)c1cnc2c(O)cncc2c1N1CCOCC1. The minimum absolute atomic E-state index is 0.0175. The number of rotatable bonds is 3. The number of aromatic hydroxyl groups is 1. The van der Waals surface area contributed by atoms with Gasteiger partial charge >= 0.3 is 0 Å². The topological polar surface area (TPSA) is 100 Å². The van der Waals surface area contributed by atoms with Gasteiger partial charge in [-0.25, -0.2) is 0 Å². The molecule has 1 saturated heterocycles. The van der Waals surface area contributed by atoms with Crippen LogP contribution in [-0.2, 0) is 4.74 Å². The van der Waals surface area contributed by atoms with E-state index in [4.69, 9.17) is 9.47 Å². The monoisotopic (exact) mass is 407 g/mol. The average molecular weight is 407 g/mol. The highest BCUT2D eigenvalue weighted by molar-refractivity contribution is 6.08. The van der Waals surface area contributed by atoms with Gasteiger partial charge in [0.2, 0.25) is 0 Å². The number of amides is 1. The van der Waals surface area contributed by atoms with Gasteiger partial charge in [-0.3, -0.25) is 25.2 Å². The zero-order chi connectivity index (χ0) is 20.5. The first-order chi connectivity index (χ1) is 14.7. The van der Waals surface area contributed by atoms with Crippen LogP contribution in [0.15, 0.2) is 42.9 Å². The van der Waals surface area contributed by atoms with Gasteiger partial charge in [-0.2, -0.15) is 0 Å². The number of fused-ring (bicyclic) bond motifs is 2. The molecule has 30 heavy (non-hydrogen) atoms. The van der Waals surface area contributed by atoms with Gasteiger partial charge in [-0.05, 0) is 12.1 Å². The summed E-state index contributed by atoms with van der Waals surface area (Å²) < 4.78 is 11.1. The van der Waals surface area contributed by atoms with Gasteiger partial charge in [0, 0.05) is 30.9 Å². The summed E-state index contributed by atoms with van der Waals surface area (Å²) in [5, 5.41) is 12.6. The van der Waals surface area contributed by atoms with Crippen molar-refractivity contribution in [3.8, 4) is 11.5 Å². The number of hydrogen-bond donors (Lipinski definition) is 2. The Labute approximate surface area is 172 Å². The third-order valence-electron chi connectivity index (χ3n) is 5.27. The van der Waals surface area contributed by atoms with Crippen LogP contribution in [0.5, 0.6) is 11.5 Å². The summed E-state index contributed by atoms with van der Waals surface area (Å²) in [6, 6.07) is 7.57. The average Bonchev–Trinajstić information content (AvgIpc) is 2.79. The third-order valence-corrected chi connectivity index (χ3v) is 5.27. The Morgan fingerprint density at radius 2 is 1.90 bits per heavy atom. The Morgan fingerprint density at radius 3 is 2.77 bits per heavy atom. The molecule has 9 heteroatoms. The zero-order valence-electron chi connectivity index (χ0n) is 16.2. The number of hydrazine groups is 1. The van der Waals surface area contributed by atoms with E-state index < -0.39 is 0 Å². The number of nitrogens with one attached hydrogen (secondary N) is 1. The van der Waals surface area contributed by atoms with Crippen molar-refractivity contribution in [3.05, 3.63) is 48.4 Å². The highest BCUT2D eigenvalue weighted by Crippen LogP contribution is 2.34.